The molecule has 2 aliphatic heterocycles. The molecule has 0 aromatic heterocycles. The summed E-state index contributed by atoms with van der Waals surface area (Å²) in [5.41, 5.74) is 1.41. The largest absolute Gasteiger partial charge is 0.378 e. The Labute approximate surface area is 130 Å². The molecule has 1 amide bonds. The number of amides is 1. The number of rotatable bonds is 4. The van der Waals surface area contributed by atoms with Gasteiger partial charge in [-0.3, -0.25) is 9.69 Å². The Hall–Kier alpha value is -1.46. The van der Waals surface area contributed by atoms with Crippen molar-refractivity contribution >= 4 is 5.91 Å². The number of ether oxygens (including phenoxy) is 1. The molecule has 0 saturated carbocycles. The van der Waals surface area contributed by atoms with Crippen LogP contribution in [0.25, 0.3) is 0 Å². The summed E-state index contributed by atoms with van der Waals surface area (Å²) in [6, 6.07) is 5.18. The highest BCUT2D eigenvalue weighted by Crippen LogP contribution is 2.19. The fourth-order valence-electron chi connectivity index (χ4n) is 3.37. The summed E-state index contributed by atoms with van der Waals surface area (Å²) < 4.78 is 18.8. The van der Waals surface area contributed by atoms with Crippen LogP contribution in [0, 0.1) is 12.7 Å². The maximum Gasteiger partial charge on any atom is 0.224 e. The average Bonchev–Trinajstić information content (AvgIpc) is 3.13. The molecule has 0 spiro atoms. The van der Waals surface area contributed by atoms with E-state index in [1.165, 1.54) is 18.9 Å². The number of hydrogen-bond donors (Lipinski definition) is 1. The Bertz CT molecular complexity index is 543. The van der Waals surface area contributed by atoms with Crippen molar-refractivity contribution in [3.05, 3.63) is 35.1 Å². The van der Waals surface area contributed by atoms with E-state index < -0.39 is 0 Å². The molecular weight excluding hydrogens is 283 g/mol. The first-order valence-electron chi connectivity index (χ1n) is 7.99. The Morgan fingerprint density at radius 2 is 2.14 bits per heavy atom. The third-order valence-corrected chi connectivity index (χ3v) is 4.59. The molecule has 3 rings (SSSR count). The number of nitrogens with zero attached hydrogens (tertiary/aromatic N) is 1. The minimum Gasteiger partial charge on any atom is -0.378 e. The molecule has 2 aliphatic rings. The van der Waals surface area contributed by atoms with Gasteiger partial charge in [0, 0.05) is 0 Å². The molecule has 22 heavy (non-hydrogen) atoms. The molecule has 1 aromatic carbocycles. The summed E-state index contributed by atoms with van der Waals surface area (Å²) in [6.07, 6.45) is 2.74. The summed E-state index contributed by atoms with van der Waals surface area (Å²) in [7, 11) is 0. The molecule has 0 unspecified atom stereocenters. The fourth-order valence-corrected chi connectivity index (χ4v) is 3.37. The van der Waals surface area contributed by atoms with Gasteiger partial charge < -0.3 is 10.1 Å². The molecule has 1 aromatic rings. The Kier molecular flexibility index (Phi) is 4.74. The van der Waals surface area contributed by atoms with Gasteiger partial charge in [-0.1, -0.05) is 12.1 Å². The van der Waals surface area contributed by atoms with Crippen LogP contribution in [0.1, 0.15) is 24.0 Å². The van der Waals surface area contributed by atoms with Crippen molar-refractivity contribution in [2.45, 2.75) is 38.3 Å². The number of halogens is 1. The zero-order chi connectivity index (χ0) is 15.5. The molecule has 2 saturated heterocycles. The second-order valence-electron chi connectivity index (χ2n) is 6.28. The van der Waals surface area contributed by atoms with E-state index >= 15 is 0 Å². The van der Waals surface area contributed by atoms with Crippen LogP contribution in [-0.4, -0.2) is 49.2 Å². The summed E-state index contributed by atoms with van der Waals surface area (Å²) >= 11 is 0. The maximum absolute atomic E-state index is 13.3. The maximum atomic E-state index is 13.3. The van der Waals surface area contributed by atoms with Crippen molar-refractivity contribution < 1.29 is 13.9 Å². The molecule has 0 aliphatic carbocycles. The van der Waals surface area contributed by atoms with Crippen LogP contribution in [0.5, 0.6) is 0 Å². The van der Waals surface area contributed by atoms with Crippen LogP contribution >= 0.6 is 0 Å². The van der Waals surface area contributed by atoms with E-state index in [9.17, 15) is 9.18 Å². The summed E-state index contributed by atoms with van der Waals surface area (Å²) in [6.45, 7) is 5.18. The van der Waals surface area contributed by atoms with Crippen molar-refractivity contribution in [1.82, 2.24) is 10.2 Å². The lowest BCUT2D eigenvalue weighted by Crippen LogP contribution is -2.50. The molecule has 5 heteroatoms. The predicted octanol–water partition coefficient (Wildman–Crippen LogP) is 1.66. The lowest BCUT2D eigenvalue weighted by atomic mass is 10.1. The van der Waals surface area contributed by atoms with Gasteiger partial charge in [0.05, 0.1) is 31.7 Å². The quantitative estimate of drug-likeness (QED) is 0.920. The van der Waals surface area contributed by atoms with Crippen molar-refractivity contribution in [2.24, 2.45) is 0 Å². The zero-order valence-corrected chi connectivity index (χ0v) is 13.0. The second-order valence-corrected chi connectivity index (χ2v) is 6.28. The molecule has 2 atom stereocenters. The van der Waals surface area contributed by atoms with Crippen molar-refractivity contribution in [2.75, 3.05) is 26.3 Å². The highest BCUT2D eigenvalue weighted by atomic mass is 19.1. The van der Waals surface area contributed by atoms with Crippen LogP contribution in [0.3, 0.4) is 0 Å². The van der Waals surface area contributed by atoms with Gasteiger partial charge in [-0.15, -0.1) is 0 Å². The highest BCUT2D eigenvalue weighted by molar-refractivity contribution is 5.79. The number of likely N-dealkylation sites (tertiary alicyclic amines) is 1. The van der Waals surface area contributed by atoms with Crippen LogP contribution in [0.15, 0.2) is 18.2 Å². The molecule has 0 radical (unpaired) electrons. The first kappa shape index (κ1) is 15.4. The third kappa shape index (κ3) is 3.47. The summed E-state index contributed by atoms with van der Waals surface area (Å²) in [5, 5.41) is 3.09. The van der Waals surface area contributed by atoms with E-state index in [2.05, 4.69) is 10.2 Å². The van der Waals surface area contributed by atoms with E-state index in [0.717, 1.165) is 18.7 Å². The normalized spacial score (nSPS) is 25.5. The standard InChI is InChI=1S/C17H23FN2O2/c1-12-8-13(4-5-14(12)18)9-17(21)19-15-10-22-11-16(15)20-6-2-3-7-20/h4-5,8,15-16H,2-3,6-7,9-11H2,1H3,(H,19,21)/t15-,16-/m0/s1. The molecule has 1 N–H and O–H groups in total. The number of nitrogens with one attached hydrogen (secondary N) is 1. The Balaban J connectivity index is 1.57. The lowest BCUT2D eigenvalue weighted by molar-refractivity contribution is -0.121. The smallest absolute Gasteiger partial charge is 0.224 e. The first-order valence-corrected chi connectivity index (χ1v) is 7.99. The van der Waals surface area contributed by atoms with Crippen molar-refractivity contribution in [3.63, 3.8) is 0 Å². The topological polar surface area (TPSA) is 41.6 Å². The minimum atomic E-state index is -0.234. The van der Waals surface area contributed by atoms with Crippen LogP contribution in [0.2, 0.25) is 0 Å². The second kappa shape index (κ2) is 6.75. The third-order valence-electron chi connectivity index (χ3n) is 4.59. The Morgan fingerprint density at radius 1 is 1.36 bits per heavy atom. The number of carbonyl (C=O) groups excluding carboxylic acids is 1. The molecule has 2 heterocycles. The van der Waals surface area contributed by atoms with Gasteiger partial charge in [-0.25, -0.2) is 4.39 Å². The van der Waals surface area contributed by atoms with Crippen molar-refractivity contribution in [3.8, 4) is 0 Å². The molecule has 0 bridgehead atoms. The first-order chi connectivity index (χ1) is 10.6. The van der Waals surface area contributed by atoms with Gasteiger partial charge in [-0.05, 0) is 50.0 Å². The number of benzene rings is 1. The molecule has 4 nitrogen and oxygen atoms in total. The van der Waals surface area contributed by atoms with Gasteiger partial charge in [-0.2, -0.15) is 0 Å². The van der Waals surface area contributed by atoms with Gasteiger partial charge >= 0.3 is 0 Å². The van der Waals surface area contributed by atoms with Gasteiger partial charge in [0.25, 0.3) is 0 Å². The zero-order valence-electron chi connectivity index (χ0n) is 13.0. The Morgan fingerprint density at radius 3 is 2.86 bits per heavy atom. The number of carbonyl (C=O) groups is 1. The highest BCUT2D eigenvalue weighted by Gasteiger charge is 2.35. The van der Waals surface area contributed by atoms with Crippen LogP contribution in [0.4, 0.5) is 4.39 Å². The number of aryl methyl sites for hydroxylation is 1. The van der Waals surface area contributed by atoms with Crippen molar-refractivity contribution in [1.29, 1.82) is 0 Å². The monoisotopic (exact) mass is 306 g/mol. The van der Waals surface area contributed by atoms with Crippen LogP contribution < -0.4 is 5.32 Å². The van der Waals surface area contributed by atoms with E-state index in [1.54, 1.807) is 19.1 Å². The molecule has 120 valence electrons. The lowest BCUT2D eigenvalue weighted by Gasteiger charge is -2.27. The van der Waals surface area contributed by atoms with E-state index in [1.807, 2.05) is 0 Å². The van der Waals surface area contributed by atoms with Crippen LogP contribution in [-0.2, 0) is 16.0 Å². The van der Waals surface area contributed by atoms with E-state index in [-0.39, 0.29) is 24.2 Å². The minimum absolute atomic E-state index is 0.0225. The van der Waals surface area contributed by atoms with Gasteiger partial charge in [0.1, 0.15) is 5.82 Å². The summed E-state index contributed by atoms with van der Waals surface area (Å²) in [4.78, 5) is 14.7. The van der Waals surface area contributed by atoms with Gasteiger partial charge in [0.2, 0.25) is 5.91 Å². The number of hydrogen-bond acceptors (Lipinski definition) is 3. The summed E-state index contributed by atoms with van der Waals surface area (Å²) in [5.74, 6) is -0.256. The average molecular weight is 306 g/mol. The van der Waals surface area contributed by atoms with E-state index in [0.29, 0.717) is 24.8 Å². The predicted molar refractivity (Wildman–Crippen MR) is 82.2 cm³/mol. The van der Waals surface area contributed by atoms with E-state index in [4.69, 9.17) is 4.74 Å². The SMILES string of the molecule is Cc1cc(CC(=O)N[C@H]2COC[C@@H]2N2CCCC2)ccc1F. The fraction of sp³-hybridized carbons (Fsp3) is 0.588. The molecule has 2 fully saturated rings. The van der Waals surface area contributed by atoms with Gasteiger partial charge in [0.15, 0.2) is 0 Å². The molecular formula is C17H23FN2O2.